The van der Waals surface area contributed by atoms with Crippen molar-refractivity contribution in [3.8, 4) is 0 Å². The van der Waals surface area contributed by atoms with E-state index in [-0.39, 0.29) is 22.2 Å². The number of rotatable bonds is 4. The summed E-state index contributed by atoms with van der Waals surface area (Å²) < 4.78 is 43.9. The van der Waals surface area contributed by atoms with Crippen LogP contribution < -0.4 is 10.0 Å². The fourth-order valence-electron chi connectivity index (χ4n) is 3.82. The summed E-state index contributed by atoms with van der Waals surface area (Å²) in [6, 6.07) is 11.2. The highest BCUT2D eigenvalue weighted by molar-refractivity contribution is 7.93. The van der Waals surface area contributed by atoms with Crippen molar-refractivity contribution >= 4 is 44.2 Å². The Balaban J connectivity index is 1.77. The van der Waals surface area contributed by atoms with E-state index in [9.17, 15) is 12.8 Å². The highest BCUT2D eigenvalue weighted by Crippen LogP contribution is 2.39. The molecule has 0 radical (unpaired) electrons. The van der Waals surface area contributed by atoms with E-state index >= 15 is 0 Å². The summed E-state index contributed by atoms with van der Waals surface area (Å²) in [5, 5.41) is 0. The van der Waals surface area contributed by atoms with E-state index in [1.807, 2.05) is 6.92 Å². The zero-order valence-electron chi connectivity index (χ0n) is 16.9. The lowest BCUT2D eigenvalue weighted by atomic mass is 10.1. The first-order chi connectivity index (χ1) is 15.4. The molecule has 32 heavy (non-hydrogen) atoms. The minimum atomic E-state index is -4.02. The molecule has 1 unspecified atom stereocenters. The summed E-state index contributed by atoms with van der Waals surface area (Å²) in [6.07, 6.45) is 3.35. The van der Waals surface area contributed by atoms with Crippen molar-refractivity contribution < 1.29 is 12.8 Å². The van der Waals surface area contributed by atoms with Crippen LogP contribution in [0.4, 0.5) is 21.6 Å². The van der Waals surface area contributed by atoms with Crippen molar-refractivity contribution in [1.82, 2.24) is 19.5 Å². The van der Waals surface area contributed by atoms with E-state index in [4.69, 9.17) is 10.7 Å². The number of para-hydroxylation sites is 1. The monoisotopic (exact) mass is 451 g/mol. The molecule has 0 bridgehead atoms. The average Bonchev–Trinajstić information content (AvgIpc) is 3.21. The second-order valence-electron chi connectivity index (χ2n) is 7.19. The highest BCUT2D eigenvalue weighted by Gasteiger charge is 2.39. The molecule has 9 nitrogen and oxygen atoms in total. The van der Waals surface area contributed by atoms with Gasteiger partial charge in [0.05, 0.1) is 23.7 Å². The first-order valence-corrected chi connectivity index (χ1v) is 11.3. The predicted molar refractivity (Wildman–Crippen MR) is 119 cm³/mol. The zero-order valence-corrected chi connectivity index (χ0v) is 17.7. The fourth-order valence-corrected chi connectivity index (χ4v) is 5.45. The molecule has 2 aromatic carbocycles. The summed E-state index contributed by atoms with van der Waals surface area (Å²) in [5.74, 6) is -0.00120. The number of hydrogen-bond acceptors (Lipinski definition) is 7. The molecule has 4 aromatic rings. The van der Waals surface area contributed by atoms with Crippen molar-refractivity contribution in [2.45, 2.75) is 24.3 Å². The third-order valence-corrected chi connectivity index (χ3v) is 7.07. The van der Waals surface area contributed by atoms with Crippen molar-refractivity contribution in [3.63, 3.8) is 0 Å². The second kappa shape index (κ2) is 7.38. The van der Waals surface area contributed by atoms with E-state index in [2.05, 4.69) is 15.0 Å². The van der Waals surface area contributed by atoms with Gasteiger partial charge >= 0.3 is 0 Å². The van der Waals surface area contributed by atoms with Gasteiger partial charge in [0.25, 0.3) is 10.0 Å². The smallest absolute Gasteiger partial charge is 0.271 e. The van der Waals surface area contributed by atoms with E-state index in [1.165, 1.54) is 36.7 Å². The van der Waals surface area contributed by atoms with Crippen LogP contribution in [0.3, 0.4) is 0 Å². The van der Waals surface area contributed by atoms with Crippen LogP contribution >= 0.6 is 0 Å². The Morgan fingerprint density at radius 3 is 2.56 bits per heavy atom. The van der Waals surface area contributed by atoms with Gasteiger partial charge in [0.2, 0.25) is 0 Å². The van der Waals surface area contributed by atoms with Gasteiger partial charge in [0.15, 0.2) is 11.5 Å². The van der Waals surface area contributed by atoms with Crippen molar-refractivity contribution in [1.29, 1.82) is 0 Å². The summed E-state index contributed by atoms with van der Waals surface area (Å²) in [5.41, 5.74) is 7.41. The Morgan fingerprint density at radius 2 is 1.81 bits per heavy atom. The van der Waals surface area contributed by atoms with Crippen LogP contribution in [0.2, 0.25) is 0 Å². The molecule has 0 fully saturated rings. The first kappa shape index (κ1) is 20.1. The van der Waals surface area contributed by atoms with Gasteiger partial charge in [0, 0.05) is 0 Å². The summed E-state index contributed by atoms with van der Waals surface area (Å²) in [4.78, 5) is 17.4. The van der Waals surface area contributed by atoms with Gasteiger partial charge in [-0.05, 0) is 42.8 Å². The molecular weight excluding hydrogens is 433 g/mol. The number of halogens is 1. The molecule has 0 amide bonds. The van der Waals surface area contributed by atoms with Crippen LogP contribution in [-0.4, -0.2) is 33.8 Å². The molecule has 0 saturated carbocycles. The van der Waals surface area contributed by atoms with Gasteiger partial charge < -0.3 is 10.3 Å². The minimum Gasteiger partial charge on any atom is -0.382 e. The van der Waals surface area contributed by atoms with E-state index in [0.717, 1.165) is 4.31 Å². The van der Waals surface area contributed by atoms with Crippen molar-refractivity contribution in [2.75, 3.05) is 10.0 Å². The van der Waals surface area contributed by atoms with Crippen LogP contribution in [0, 0.1) is 5.82 Å². The van der Waals surface area contributed by atoms with Gasteiger partial charge in [-0.2, -0.15) is 0 Å². The summed E-state index contributed by atoms with van der Waals surface area (Å²) in [7, 11) is -4.02. The topological polar surface area (TPSA) is 119 Å². The Hall–Kier alpha value is -3.86. The number of amidine groups is 1. The van der Waals surface area contributed by atoms with E-state index in [1.54, 1.807) is 29.1 Å². The second-order valence-corrected chi connectivity index (χ2v) is 8.95. The highest BCUT2D eigenvalue weighted by atomic mass is 32.2. The summed E-state index contributed by atoms with van der Waals surface area (Å²) >= 11 is 0. The van der Waals surface area contributed by atoms with Crippen molar-refractivity contribution in [3.05, 3.63) is 67.0 Å². The number of nitrogens with two attached hydrogens (primary N) is 1. The third kappa shape index (κ3) is 3.01. The molecule has 2 aromatic heterocycles. The normalized spacial score (nSPS) is 15.9. The molecule has 1 aliphatic rings. The van der Waals surface area contributed by atoms with Crippen LogP contribution in [0.5, 0.6) is 0 Å². The molecule has 2 N–H and O–H groups in total. The van der Waals surface area contributed by atoms with Crippen LogP contribution in [0.15, 0.2) is 71.1 Å². The molecule has 0 saturated heterocycles. The number of aromatic nitrogens is 4. The summed E-state index contributed by atoms with van der Waals surface area (Å²) in [6.45, 7) is 1.90. The maximum atomic E-state index is 13.7. The predicted octanol–water partition coefficient (Wildman–Crippen LogP) is 3.44. The Bertz CT molecular complexity index is 1470. The molecule has 162 valence electrons. The number of nitrogen functional groups attached to an aromatic ring is 1. The number of anilines is 2. The molecule has 1 aliphatic heterocycles. The maximum absolute atomic E-state index is 13.7. The molecule has 0 aliphatic carbocycles. The molecule has 0 spiro atoms. The van der Waals surface area contributed by atoms with Crippen LogP contribution in [-0.2, 0) is 10.0 Å². The SMILES string of the molecule is CCC(C1=Nc2ccccc2S(=O)(=O)N1c1ccc(F)cc1)n1cnc2c(N)ncnc21. The number of aliphatic imine (C=N–C) groups is 1. The Morgan fingerprint density at radius 1 is 1.06 bits per heavy atom. The van der Waals surface area contributed by atoms with Gasteiger partial charge in [-0.1, -0.05) is 19.1 Å². The Labute approximate surface area is 183 Å². The average molecular weight is 451 g/mol. The lowest BCUT2D eigenvalue weighted by Crippen LogP contribution is -2.43. The molecular formula is C21H18FN7O2S. The van der Waals surface area contributed by atoms with E-state index in [0.29, 0.717) is 23.3 Å². The number of nitrogens with zero attached hydrogens (tertiary/aromatic N) is 6. The quantitative estimate of drug-likeness (QED) is 0.508. The number of fused-ring (bicyclic) bond motifs is 2. The first-order valence-electron chi connectivity index (χ1n) is 9.83. The molecule has 3 heterocycles. The van der Waals surface area contributed by atoms with Gasteiger partial charge in [-0.25, -0.2) is 37.1 Å². The maximum Gasteiger partial charge on any atom is 0.271 e. The number of benzene rings is 2. The van der Waals surface area contributed by atoms with Crippen LogP contribution in [0.1, 0.15) is 19.4 Å². The largest absolute Gasteiger partial charge is 0.382 e. The number of hydrogen-bond donors (Lipinski definition) is 1. The lowest BCUT2D eigenvalue weighted by molar-refractivity contribution is 0.588. The Kier molecular flexibility index (Phi) is 4.63. The van der Waals surface area contributed by atoms with Crippen LogP contribution in [0.25, 0.3) is 11.2 Å². The molecule has 11 heteroatoms. The lowest BCUT2D eigenvalue weighted by Gasteiger charge is -2.34. The van der Waals surface area contributed by atoms with Gasteiger partial charge in [0.1, 0.15) is 28.4 Å². The minimum absolute atomic E-state index is 0.0741. The fraction of sp³-hybridized carbons (Fsp3) is 0.143. The zero-order chi connectivity index (χ0) is 22.5. The van der Waals surface area contributed by atoms with Crippen molar-refractivity contribution in [2.24, 2.45) is 4.99 Å². The number of sulfonamides is 1. The molecule has 1 atom stereocenters. The van der Waals surface area contributed by atoms with E-state index < -0.39 is 21.9 Å². The standard InChI is InChI=1S/C21H18FN7O2S/c1-2-16(28-12-26-18-19(23)24-11-25-21(18)28)20-27-15-5-3-4-6-17(15)32(30,31)29(20)14-9-7-13(22)8-10-14/h3-12,16H,2H2,1H3,(H2,23,24,25). The molecule has 5 rings (SSSR count). The van der Waals surface area contributed by atoms with Gasteiger partial charge in [-0.3, -0.25) is 0 Å². The van der Waals surface area contributed by atoms with Gasteiger partial charge in [-0.15, -0.1) is 0 Å². The third-order valence-electron chi connectivity index (χ3n) is 5.30. The number of imidazole rings is 1.